The molecule has 2 amide bonds. The molecule has 1 atom stereocenters. The molecule has 0 aliphatic carbocycles. The molecule has 0 fully saturated rings. The van der Waals surface area contributed by atoms with Crippen LogP contribution in [0.5, 0.6) is 5.75 Å². The highest BCUT2D eigenvalue weighted by Gasteiger charge is 2.32. The summed E-state index contributed by atoms with van der Waals surface area (Å²) in [6, 6.07) is 11.6. The number of ether oxygens (including phenoxy) is 1. The first-order valence-corrected chi connectivity index (χ1v) is 11.5. The monoisotopic (exact) mass is 431 g/mol. The number of rotatable bonds is 7. The molecule has 160 valence electrons. The largest absolute Gasteiger partial charge is 0.484 e. The van der Waals surface area contributed by atoms with Gasteiger partial charge in [-0.25, -0.2) is 8.42 Å². The summed E-state index contributed by atoms with van der Waals surface area (Å²) in [7, 11) is -3.37. The van der Waals surface area contributed by atoms with Crippen molar-refractivity contribution in [1.29, 1.82) is 0 Å². The third kappa shape index (κ3) is 4.91. The first-order valence-electron chi connectivity index (χ1n) is 9.62. The van der Waals surface area contributed by atoms with E-state index in [1.54, 1.807) is 42.5 Å². The van der Waals surface area contributed by atoms with Crippen LogP contribution in [0.15, 0.2) is 42.5 Å². The Kier molecular flexibility index (Phi) is 6.31. The van der Waals surface area contributed by atoms with Crippen molar-refractivity contribution in [2.45, 2.75) is 26.3 Å². The maximum atomic E-state index is 12.6. The number of nitrogens with zero attached hydrogens (tertiary/aromatic N) is 1. The van der Waals surface area contributed by atoms with Gasteiger partial charge in [-0.15, -0.1) is 0 Å². The van der Waals surface area contributed by atoms with E-state index in [2.05, 4.69) is 10.6 Å². The van der Waals surface area contributed by atoms with E-state index >= 15 is 0 Å². The molecule has 9 heteroatoms. The Morgan fingerprint density at radius 3 is 2.50 bits per heavy atom. The molecule has 0 bridgehead atoms. The summed E-state index contributed by atoms with van der Waals surface area (Å²) in [5.41, 5.74) is 2.48. The van der Waals surface area contributed by atoms with Crippen LogP contribution in [0.1, 0.15) is 29.8 Å². The van der Waals surface area contributed by atoms with Gasteiger partial charge in [0, 0.05) is 23.8 Å². The lowest BCUT2D eigenvalue weighted by Gasteiger charge is -2.21. The molecule has 0 spiro atoms. The molecule has 8 nitrogen and oxygen atoms in total. The molecule has 3 rings (SSSR count). The molecule has 2 N–H and O–H groups in total. The fourth-order valence-electron chi connectivity index (χ4n) is 3.48. The summed E-state index contributed by atoms with van der Waals surface area (Å²) >= 11 is 0. The molecule has 2 aromatic carbocycles. The summed E-state index contributed by atoms with van der Waals surface area (Å²) in [4.78, 5) is 24.1. The Morgan fingerprint density at radius 2 is 1.87 bits per heavy atom. The van der Waals surface area contributed by atoms with Gasteiger partial charge in [-0.05, 0) is 68.3 Å². The van der Waals surface area contributed by atoms with Gasteiger partial charge in [-0.1, -0.05) is 0 Å². The van der Waals surface area contributed by atoms with Gasteiger partial charge in [0.1, 0.15) is 5.75 Å². The number of amides is 2. The molecular weight excluding hydrogens is 406 g/mol. The number of fused-ring (bicyclic) bond motifs is 1. The molecule has 0 saturated carbocycles. The molecule has 0 radical (unpaired) electrons. The highest BCUT2D eigenvalue weighted by molar-refractivity contribution is 7.92. The van der Waals surface area contributed by atoms with Crippen molar-refractivity contribution in [2.75, 3.05) is 29.0 Å². The van der Waals surface area contributed by atoms with Crippen LogP contribution in [0.3, 0.4) is 0 Å². The van der Waals surface area contributed by atoms with Crippen molar-refractivity contribution in [3.05, 3.63) is 53.6 Å². The van der Waals surface area contributed by atoms with Crippen LogP contribution in [0.4, 0.5) is 11.4 Å². The SMILES string of the molecule is CCNC(=O)COc1ccc(NC(=O)c2ccc3c(c2)C[C@H](C)N3S(C)(=O)=O)cc1. The van der Waals surface area contributed by atoms with E-state index < -0.39 is 10.0 Å². The number of sulfonamides is 1. The van der Waals surface area contributed by atoms with Gasteiger partial charge in [0.15, 0.2) is 6.61 Å². The third-order valence-corrected chi connectivity index (χ3v) is 5.98. The van der Waals surface area contributed by atoms with Gasteiger partial charge >= 0.3 is 0 Å². The Labute approximate surface area is 176 Å². The summed E-state index contributed by atoms with van der Waals surface area (Å²) in [6.45, 7) is 4.15. The van der Waals surface area contributed by atoms with Crippen LogP contribution < -0.4 is 19.7 Å². The Morgan fingerprint density at radius 1 is 1.17 bits per heavy atom. The highest BCUT2D eigenvalue weighted by Crippen LogP contribution is 2.34. The Hall–Kier alpha value is -3.07. The number of likely N-dealkylation sites (N-methyl/N-ethyl adjacent to an activating group) is 1. The average molecular weight is 432 g/mol. The summed E-state index contributed by atoms with van der Waals surface area (Å²) in [5.74, 6) is 0.0288. The van der Waals surface area contributed by atoms with Gasteiger partial charge < -0.3 is 15.4 Å². The minimum atomic E-state index is -3.37. The van der Waals surface area contributed by atoms with Crippen molar-refractivity contribution in [1.82, 2.24) is 5.32 Å². The first kappa shape index (κ1) is 21.6. The molecule has 2 aromatic rings. The molecular formula is C21H25N3O5S. The van der Waals surface area contributed by atoms with Crippen molar-refractivity contribution < 1.29 is 22.7 Å². The summed E-state index contributed by atoms with van der Waals surface area (Å²) in [5, 5.41) is 5.45. The molecule has 1 aliphatic heterocycles. The van der Waals surface area contributed by atoms with Gasteiger partial charge in [-0.2, -0.15) is 0 Å². The smallest absolute Gasteiger partial charge is 0.257 e. The van der Waals surface area contributed by atoms with E-state index in [9.17, 15) is 18.0 Å². The molecule has 0 aromatic heterocycles. The minimum Gasteiger partial charge on any atom is -0.484 e. The third-order valence-electron chi connectivity index (χ3n) is 4.71. The number of hydrogen-bond acceptors (Lipinski definition) is 5. The minimum absolute atomic E-state index is 0.0718. The predicted molar refractivity (Wildman–Crippen MR) is 116 cm³/mol. The second-order valence-electron chi connectivity index (χ2n) is 7.18. The van der Waals surface area contributed by atoms with Crippen molar-refractivity contribution in [2.24, 2.45) is 0 Å². The maximum absolute atomic E-state index is 12.6. The normalized spacial score (nSPS) is 15.4. The van der Waals surface area contributed by atoms with E-state index in [0.29, 0.717) is 35.7 Å². The van der Waals surface area contributed by atoms with E-state index in [1.807, 2.05) is 13.8 Å². The first-order chi connectivity index (χ1) is 14.2. The lowest BCUT2D eigenvalue weighted by Crippen LogP contribution is -2.34. The number of carbonyl (C=O) groups is 2. The molecule has 1 heterocycles. The molecule has 0 saturated heterocycles. The fraction of sp³-hybridized carbons (Fsp3) is 0.333. The van der Waals surface area contributed by atoms with Crippen LogP contribution in [0, 0.1) is 0 Å². The standard InChI is InChI=1S/C21H25N3O5S/c1-4-22-20(25)13-29-18-8-6-17(7-9-18)23-21(26)15-5-10-19-16(12-15)11-14(2)24(19)30(3,27)28/h5-10,12,14H,4,11,13H2,1-3H3,(H,22,25)(H,23,26)/t14-/m0/s1. The topological polar surface area (TPSA) is 105 Å². The van der Waals surface area contributed by atoms with E-state index in [1.165, 1.54) is 10.6 Å². The van der Waals surface area contributed by atoms with Gasteiger partial charge in [0.05, 0.1) is 11.9 Å². The van der Waals surface area contributed by atoms with Gasteiger partial charge in [0.25, 0.3) is 11.8 Å². The number of anilines is 2. The fourth-order valence-corrected chi connectivity index (χ4v) is 4.75. The zero-order valence-corrected chi connectivity index (χ0v) is 18.0. The highest BCUT2D eigenvalue weighted by atomic mass is 32.2. The lowest BCUT2D eigenvalue weighted by atomic mass is 10.1. The van der Waals surface area contributed by atoms with E-state index in [-0.39, 0.29) is 24.5 Å². The van der Waals surface area contributed by atoms with Crippen LogP contribution in [-0.4, -0.2) is 45.7 Å². The Balaban J connectivity index is 1.66. The number of hydrogen-bond donors (Lipinski definition) is 2. The Bertz CT molecular complexity index is 1050. The van der Waals surface area contributed by atoms with Crippen LogP contribution >= 0.6 is 0 Å². The van der Waals surface area contributed by atoms with Crippen LogP contribution in [0.25, 0.3) is 0 Å². The number of benzene rings is 2. The number of nitrogens with one attached hydrogen (secondary N) is 2. The summed E-state index contributed by atoms with van der Waals surface area (Å²) < 4.78 is 30.8. The van der Waals surface area contributed by atoms with Crippen LogP contribution in [-0.2, 0) is 21.2 Å². The van der Waals surface area contributed by atoms with Gasteiger partial charge in [0.2, 0.25) is 10.0 Å². The zero-order chi connectivity index (χ0) is 21.9. The van der Waals surface area contributed by atoms with Crippen molar-refractivity contribution in [3.8, 4) is 5.75 Å². The van der Waals surface area contributed by atoms with Crippen LogP contribution in [0.2, 0.25) is 0 Å². The molecule has 1 aliphatic rings. The molecule has 30 heavy (non-hydrogen) atoms. The quantitative estimate of drug-likeness (QED) is 0.699. The van der Waals surface area contributed by atoms with E-state index in [4.69, 9.17) is 4.74 Å². The second-order valence-corrected chi connectivity index (χ2v) is 9.04. The maximum Gasteiger partial charge on any atom is 0.257 e. The summed E-state index contributed by atoms with van der Waals surface area (Å²) in [6.07, 6.45) is 1.74. The molecule has 0 unspecified atom stereocenters. The van der Waals surface area contributed by atoms with E-state index in [0.717, 1.165) is 5.56 Å². The zero-order valence-electron chi connectivity index (χ0n) is 17.1. The van der Waals surface area contributed by atoms with Crippen molar-refractivity contribution in [3.63, 3.8) is 0 Å². The van der Waals surface area contributed by atoms with Crippen molar-refractivity contribution >= 4 is 33.2 Å². The predicted octanol–water partition coefficient (Wildman–Crippen LogP) is 2.16. The average Bonchev–Trinajstić information content (AvgIpc) is 3.02. The lowest BCUT2D eigenvalue weighted by molar-refractivity contribution is -0.122. The number of carbonyl (C=O) groups excluding carboxylic acids is 2. The second kappa shape index (κ2) is 8.74. The van der Waals surface area contributed by atoms with Gasteiger partial charge in [-0.3, -0.25) is 13.9 Å².